The fourth-order valence-corrected chi connectivity index (χ4v) is 2.40. The van der Waals surface area contributed by atoms with Crippen LogP contribution in [0.4, 0.5) is 0 Å². The van der Waals surface area contributed by atoms with Crippen molar-refractivity contribution in [2.75, 3.05) is 13.2 Å². The lowest BCUT2D eigenvalue weighted by molar-refractivity contribution is 0.325. The lowest BCUT2D eigenvalue weighted by Crippen LogP contribution is -2.23. The third kappa shape index (κ3) is 2.22. The first-order chi connectivity index (χ1) is 8.84. The van der Waals surface area contributed by atoms with Crippen molar-refractivity contribution >= 4 is 11.6 Å². The molecule has 0 bridgehead atoms. The molecule has 1 aliphatic rings. The first kappa shape index (κ1) is 11.6. The van der Waals surface area contributed by atoms with E-state index >= 15 is 0 Å². The van der Waals surface area contributed by atoms with Crippen LogP contribution in [0, 0.1) is 0 Å². The van der Waals surface area contributed by atoms with Gasteiger partial charge in [0.25, 0.3) is 0 Å². The Labute approximate surface area is 112 Å². The molecule has 0 fully saturated rings. The van der Waals surface area contributed by atoms with Crippen molar-refractivity contribution in [3.63, 3.8) is 0 Å². The minimum atomic E-state index is 0.168. The molecule has 2 nitrogen and oxygen atoms in total. The largest absolute Gasteiger partial charge is 0.492 e. The van der Waals surface area contributed by atoms with E-state index in [4.69, 9.17) is 16.3 Å². The molecule has 0 saturated heterocycles. The second kappa shape index (κ2) is 5.01. The molecule has 18 heavy (non-hydrogen) atoms. The maximum atomic E-state index is 5.94. The van der Waals surface area contributed by atoms with E-state index in [2.05, 4.69) is 23.5 Å². The van der Waals surface area contributed by atoms with E-state index in [0.29, 0.717) is 6.61 Å². The molecule has 2 aromatic carbocycles. The second-order valence-corrected chi connectivity index (χ2v) is 4.76. The van der Waals surface area contributed by atoms with Gasteiger partial charge in [0.05, 0.1) is 6.04 Å². The van der Waals surface area contributed by atoms with E-state index in [-0.39, 0.29) is 6.04 Å². The van der Waals surface area contributed by atoms with Crippen LogP contribution in [-0.2, 0) is 0 Å². The van der Waals surface area contributed by atoms with Crippen LogP contribution >= 0.6 is 11.6 Å². The van der Waals surface area contributed by atoms with Gasteiger partial charge in [-0.25, -0.2) is 0 Å². The van der Waals surface area contributed by atoms with Crippen LogP contribution in [0.3, 0.4) is 0 Å². The summed E-state index contributed by atoms with van der Waals surface area (Å²) in [5, 5.41) is 4.27. The summed E-state index contributed by atoms with van der Waals surface area (Å²) in [5.41, 5.74) is 2.38. The number of hydrogen-bond acceptors (Lipinski definition) is 2. The molecule has 0 spiro atoms. The predicted octanol–water partition coefficient (Wildman–Crippen LogP) is 3.41. The van der Waals surface area contributed by atoms with Crippen LogP contribution in [0.1, 0.15) is 17.2 Å². The van der Waals surface area contributed by atoms with Gasteiger partial charge in [0.2, 0.25) is 0 Å². The maximum absolute atomic E-state index is 5.94. The molecule has 2 aromatic rings. The van der Waals surface area contributed by atoms with E-state index in [0.717, 1.165) is 17.3 Å². The highest BCUT2D eigenvalue weighted by Gasteiger charge is 2.20. The molecule has 1 atom stereocenters. The highest BCUT2D eigenvalue weighted by molar-refractivity contribution is 6.30. The van der Waals surface area contributed by atoms with Crippen molar-refractivity contribution in [2.24, 2.45) is 0 Å². The van der Waals surface area contributed by atoms with Crippen molar-refractivity contribution in [2.45, 2.75) is 6.04 Å². The van der Waals surface area contributed by atoms with Gasteiger partial charge in [0.15, 0.2) is 0 Å². The Morgan fingerprint density at radius 1 is 1.06 bits per heavy atom. The zero-order chi connectivity index (χ0) is 12.4. The number of para-hydroxylation sites is 1. The van der Waals surface area contributed by atoms with Gasteiger partial charge < -0.3 is 10.1 Å². The standard InChI is InChI=1S/C15H14ClNO/c16-12-7-5-11(6-8-12)15-13-3-1-2-4-14(13)18-10-9-17-15/h1-8,15,17H,9-10H2/t15-/m0/s1. The van der Waals surface area contributed by atoms with Crippen molar-refractivity contribution in [1.82, 2.24) is 5.32 Å². The van der Waals surface area contributed by atoms with E-state index in [1.165, 1.54) is 11.1 Å². The minimum absolute atomic E-state index is 0.168. The molecule has 0 radical (unpaired) electrons. The smallest absolute Gasteiger partial charge is 0.124 e. The summed E-state index contributed by atoms with van der Waals surface area (Å²) in [6.07, 6.45) is 0. The Morgan fingerprint density at radius 2 is 1.83 bits per heavy atom. The fraction of sp³-hybridized carbons (Fsp3) is 0.200. The van der Waals surface area contributed by atoms with E-state index in [1.807, 2.05) is 30.3 Å². The van der Waals surface area contributed by atoms with Crippen LogP contribution in [0.15, 0.2) is 48.5 Å². The third-order valence-corrected chi connectivity index (χ3v) is 3.39. The Balaban J connectivity index is 2.03. The molecule has 1 N–H and O–H groups in total. The Hall–Kier alpha value is -1.51. The lowest BCUT2D eigenvalue weighted by atomic mass is 9.98. The Morgan fingerprint density at radius 3 is 2.67 bits per heavy atom. The lowest BCUT2D eigenvalue weighted by Gasteiger charge is -2.18. The molecule has 1 aliphatic heterocycles. The van der Waals surface area contributed by atoms with Crippen LogP contribution < -0.4 is 10.1 Å². The van der Waals surface area contributed by atoms with Gasteiger partial charge in [-0.2, -0.15) is 0 Å². The van der Waals surface area contributed by atoms with Crippen molar-refractivity contribution in [1.29, 1.82) is 0 Å². The summed E-state index contributed by atoms with van der Waals surface area (Å²) in [5.74, 6) is 0.961. The summed E-state index contributed by atoms with van der Waals surface area (Å²) in [4.78, 5) is 0. The molecule has 1 heterocycles. The molecule has 0 amide bonds. The molecule has 0 aromatic heterocycles. The van der Waals surface area contributed by atoms with Crippen molar-refractivity contribution < 1.29 is 4.74 Å². The number of benzene rings is 2. The molecule has 0 aliphatic carbocycles. The van der Waals surface area contributed by atoms with Crippen molar-refractivity contribution in [3.8, 4) is 5.75 Å². The molecule has 0 unspecified atom stereocenters. The van der Waals surface area contributed by atoms with E-state index in [1.54, 1.807) is 0 Å². The number of rotatable bonds is 1. The molecular weight excluding hydrogens is 246 g/mol. The second-order valence-electron chi connectivity index (χ2n) is 4.32. The highest BCUT2D eigenvalue weighted by Crippen LogP contribution is 2.31. The minimum Gasteiger partial charge on any atom is -0.492 e. The normalized spacial score (nSPS) is 18.6. The summed E-state index contributed by atoms with van der Waals surface area (Å²) in [6, 6.07) is 16.3. The van der Waals surface area contributed by atoms with Gasteiger partial charge >= 0.3 is 0 Å². The number of fused-ring (bicyclic) bond motifs is 1. The van der Waals surface area contributed by atoms with Crippen molar-refractivity contribution in [3.05, 3.63) is 64.7 Å². The van der Waals surface area contributed by atoms with Crippen LogP contribution in [0.25, 0.3) is 0 Å². The summed E-state index contributed by atoms with van der Waals surface area (Å²) < 4.78 is 5.74. The van der Waals surface area contributed by atoms with Gasteiger partial charge in [-0.05, 0) is 23.8 Å². The average Bonchev–Trinajstić information content (AvgIpc) is 2.62. The van der Waals surface area contributed by atoms with Gasteiger partial charge in [-0.3, -0.25) is 0 Å². The van der Waals surface area contributed by atoms with E-state index in [9.17, 15) is 0 Å². The average molecular weight is 260 g/mol. The van der Waals surface area contributed by atoms with Gasteiger partial charge in [-0.15, -0.1) is 0 Å². The topological polar surface area (TPSA) is 21.3 Å². The Kier molecular flexibility index (Phi) is 3.22. The number of ether oxygens (including phenoxy) is 1. The third-order valence-electron chi connectivity index (χ3n) is 3.14. The number of hydrogen-bond donors (Lipinski definition) is 1. The zero-order valence-electron chi connectivity index (χ0n) is 9.90. The van der Waals surface area contributed by atoms with Gasteiger partial charge in [0, 0.05) is 17.1 Å². The maximum Gasteiger partial charge on any atom is 0.124 e. The fourth-order valence-electron chi connectivity index (χ4n) is 2.28. The van der Waals surface area contributed by atoms with E-state index < -0.39 is 0 Å². The van der Waals surface area contributed by atoms with Crippen LogP contribution in [0.5, 0.6) is 5.75 Å². The monoisotopic (exact) mass is 259 g/mol. The first-order valence-corrected chi connectivity index (χ1v) is 6.43. The highest BCUT2D eigenvalue weighted by atomic mass is 35.5. The van der Waals surface area contributed by atoms with Crippen LogP contribution in [-0.4, -0.2) is 13.2 Å². The summed E-state index contributed by atoms with van der Waals surface area (Å²) >= 11 is 5.94. The summed E-state index contributed by atoms with van der Waals surface area (Å²) in [6.45, 7) is 1.53. The first-order valence-electron chi connectivity index (χ1n) is 6.05. The molecular formula is C15H14ClNO. The molecule has 0 saturated carbocycles. The quantitative estimate of drug-likeness (QED) is 0.847. The molecule has 3 heteroatoms. The van der Waals surface area contributed by atoms with Gasteiger partial charge in [-0.1, -0.05) is 41.9 Å². The number of halogens is 1. The molecule has 92 valence electrons. The zero-order valence-corrected chi connectivity index (χ0v) is 10.7. The number of nitrogens with one attached hydrogen (secondary N) is 1. The van der Waals surface area contributed by atoms with Gasteiger partial charge in [0.1, 0.15) is 12.4 Å². The van der Waals surface area contributed by atoms with Crippen LogP contribution in [0.2, 0.25) is 5.02 Å². The SMILES string of the molecule is Clc1ccc([C@@H]2NCCOc3ccccc32)cc1. The summed E-state index contributed by atoms with van der Waals surface area (Å²) in [7, 11) is 0. The molecule has 3 rings (SSSR count). The predicted molar refractivity (Wildman–Crippen MR) is 73.2 cm³/mol. The Bertz CT molecular complexity index is 538.